The lowest BCUT2D eigenvalue weighted by Gasteiger charge is -2.32. The molecule has 186 valence electrons. The van der Waals surface area contributed by atoms with E-state index in [1.807, 2.05) is 0 Å². The van der Waals surface area contributed by atoms with Gasteiger partial charge in [0.05, 0.1) is 23.2 Å². The maximum absolute atomic E-state index is 14.1. The minimum Gasteiger partial charge on any atom is -0.288 e. The molecule has 1 aliphatic rings. The van der Waals surface area contributed by atoms with E-state index in [-0.39, 0.29) is 24.3 Å². The maximum Gasteiger partial charge on any atom is 0.419 e. The number of alkyl halides is 12. The van der Waals surface area contributed by atoms with Crippen LogP contribution in [0.2, 0.25) is 0 Å². The molecule has 1 atom stereocenters. The van der Waals surface area contributed by atoms with Gasteiger partial charge in [-0.3, -0.25) is 4.99 Å². The minimum atomic E-state index is -5.45. The topological polar surface area (TPSA) is 12.4 Å². The van der Waals surface area contributed by atoms with Crippen molar-refractivity contribution in [2.24, 2.45) is 4.99 Å². The van der Waals surface area contributed by atoms with Crippen molar-refractivity contribution >= 4 is 5.71 Å². The van der Waals surface area contributed by atoms with Gasteiger partial charge in [0.15, 0.2) is 0 Å². The zero-order valence-electron chi connectivity index (χ0n) is 16.2. The molecule has 0 fully saturated rings. The Labute approximate surface area is 181 Å². The van der Waals surface area contributed by atoms with Crippen LogP contribution in [0.25, 0.3) is 0 Å². The SMILES string of the molecule is Fc1ccc(C2=NCC(c3cc(C(F)(F)F)cc(C(F)(F)F)c3)(C(F)(F)F)C2)cc1C(F)(F)F. The van der Waals surface area contributed by atoms with Crippen LogP contribution in [0.3, 0.4) is 0 Å². The normalized spacial score (nSPS) is 20.0. The van der Waals surface area contributed by atoms with Crippen LogP contribution < -0.4 is 0 Å². The molecule has 0 radical (unpaired) electrons. The molecule has 2 aromatic rings. The molecule has 0 N–H and O–H groups in total. The van der Waals surface area contributed by atoms with Crippen molar-refractivity contribution in [3.8, 4) is 0 Å². The standard InChI is InChI=1S/C20H10F13N/c21-14-2-1-9(3-13(14)19(28,29)30)15-7-16(8-34-15,20(31,32)33)10-4-11(17(22,23)24)6-12(5-10)18(25,26)27/h1-6H,7-8H2. The van der Waals surface area contributed by atoms with Gasteiger partial charge in [0.25, 0.3) is 0 Å². The van der Waals surface area contributed by atoms with Crippen molar-refractivity contribution in [2.75, 3.05) is 6.54 Å². The Bertz CT molecular complexity index is 1090. The second-order valence-electron chi connectivity index (χ2n) is 7.51. The Balaban J connectivity index is 2.16. The van der Waals surface area contributed by atoms with Gasteiger partial charge in [-0.05, 0) is 41.5 Å². The summed E-state index contributed by atoms with van der Waals surface area (Å²) in [4.78, 5) is 3.48. The first kappa shape index (κ1) is 25.8. The van der Waals surface area contributed by atoms with Gasteiger partial charge in [0, 0.05) is 12.1 Å². The molecule has 0 amide bonds. The zero-order chi connectivity index (χ0) is 25.9. The van der Waals surface area contributed by atoms with Crippen LogP contribution in [-0.4, -0.2) is 18.4 Å². The van der Waals surface area contributed by atoms with Crippen LogP contribution in [0, 0.1) is 5.82 Å². The molecule has 1 heterocycles. The third-order valence-electron chi connectivity index (χ3n) is 5.30. The van der Waals surface area contributed by atoms with E-state index >= 15 is 0 Å². The number of nitrogens with zero attached hydrogens (tertiary/aromatic N) is 1. The molecule has 0 aromatic heterocycles. The fraction of sp³-hybridized carbons (Fsp3) is 0.350. The average Bonchev–Trinajstić information content (AvgIpc) is 3.12. The molecule has 2 aromatic carbocycles. The van der Waals surface area contributed by atoms with E-state index in [1.165, 1.54) is 0 Å². The van der Waals surface area contributed by atoms with Crippen LogP contribution in [0.5, 0.6) is 0 Å². The molecule has 1 nitrogen and oxygen atoms in total. The molecule has 0 aliphatic carbocycles. The highest BCUT2D eigenvalue weighted by atomic mass is 19.4. The Hall–Kier alpha value is -2.80. The van der Waals surface area contributed by atoms with Gasteiger partial charge < -0.3 is 0 Å². The molecular formula is C20H10F13N. The summed E-state index contributed by atoms with van der Waals surface area (Å²) >= 11 is 0. The van der Waals surface area contributed by atoms with Crippen molar-refractivity contribution in [1.82, 2.24) is 0 Å². The molecular weight excluding hydrogens is 501 g/mol. The number of halogens is 13. The molecule has 34 heavy (non-hydrogen) atoms. The number of hydrogen-bond donors (Lipinski definition) is 0. The summed E-state index contributed by atoms with van der Waals surface area (Å²) in [5.74, 6) is -1.73. The van der Waals surface area contributed by atoms with Gasteiger partial charge in [-0.1, -0.05) is 6.07 Å². The largest absolute Gasteiger partial charge is 0.419 e. The third kappa shape index (κ3) is 4.71. The molecule has 0 saturated carbocycles. The Morgan fingerprint density at radius 3 is 1.65 bits per heavy atom. The lowest BCUT2D eigenvalue weighted by molar-refractivity contribution is -0.184. The Morgan fingerprint density at radius 1 is 0.676 bits per heavy atom. The van der Waals surface area contributed by atoms with E-state index < -0.39 is 82.4 Å². The Morgan fingerprint density at radius 2 is 1.21 bits per heavy atom. The summed E-state index contributed by atoms with van der Waals surface area (Å²) in [5, 5.41) is 0. The maximum atomic E-state index is 14.1. The minimum absolute atomic E-state index is 0.0903. The van der Waals surface area contributed by atoms with Crippen LogP contribution >= 0.6 is 0 Å². The highest BCUT2D eigenvalue weighted by molar-refractivity contribution is 6.03. The predicted octanol–water partition coefficient (Wildman–Crippen LogP) is 7.58. The van der Waals surface area contributed by atoms with Crippen molar-refractivity contribution in [1.29, 1.82) is 0 Å². The molecule has 1 aliphatic heterocycles. The number of aliphatic imine (C=N–C) groups is 1. The summed E-state index contributed by atoms with van der Waals surface area (Å²) in [6.45, 7) is -1.39. The number of rotatable bonds is 2. The van der Waals surface area contributed by atoms with Crippen molar-refractivity contribution in [3.63, 3.8) is 0 Å². The van der Waals surface area contributed by atoms with E-state index in [0.717, 1.165) is 0 Å². The number of hydrogen-bond acceptors (Lipinski definition) is 1. The second kappa shape index (κ2) is 7.87. The van der Waals surface area contributed by atoms with Gasteiger partial charge >= 0.3 is 24.7 Å². The molecule has 14 heteroatoms. The summed E-state index contributed by atoms with van der Waals surface area (Å²) in [7, 11) is 0. The summed E-state index contributed by atoms with van der Waals surface area (Å²) in [6.07, 6.45) is -22.9. The van der Waals surface area contributed by atoms with E-state index in [0.29, 0.717) is 12.1 Å². The highest BCUT2D eigenvalue weighted by Gasteiger charge is 2.59. The van der Waals surface area contributed by atoms with E-state index in [2.05, 4.69) is 4.99 Å². The van der Waals surface area contributed by atoms with Crippen LogP contribution in [-0.2, 0) is 23.9 Å². The quantitative estimate of drug-likeness (QED) is 0.369. The number of benzene rings is 2. The lowest BCUT2D eigenvalue weighted by Crippen LogP contribution is -2.44. The zero-order valence-corrected chi connectivity index (χ0v) is 16.2. The lowest BCUT2D eigenvalue weighted by atomic mass is 9.75. The van der Waals surface area contributed by atoms with Crippen molar-refractivity contribution in [2.45, 2.75) is 36.5 Å². The molecule has 0 spiro atoms. The van der Waals surface area contributed by atoms with Crippen LogP contribution in [0.4, 0.5) is 57.1 Å². The van der Waals surface area contributed by atoms with Crippen LogP contribution in [0.15, 0.2) is 41.4 Å². The van der Waals surface area contributed by atoms with Gasteiger partial charge in [-0.25, -0.2) is 4.39 Å². The summed E-state index contributed by atoms with van der Waals surface area (Å²) in [5.41, 5.74) is -11.9. The van der Waals surface area contributed by atoms with Crippen molar-refractivity contribution in [3.05, 3.63) is 70.0 Å². The fourth-order valence-corrected chi connectivity index (χ4v) is 3.52. The summed E-state index contributed by atoms with van der Waals surface area (Å²) < 4.78 is 174. The van der Waals surface area contributed by atoms with Gasteiger partial charge in [-0.15, -0.1) is 0 Å². The van der Waals surface area contributed by atoms with E-state index in [1.54, 1.807) is 0 Å². The van der Waals surface area contributed by atoms with Gasteiger partial charge in [0.2, 0.25) is 0 Å². The molecule has 3 rings (SSSR count). The van der Waals surface area contributed by atoms with Gasteiger partial charge in [0.1, 0.15) is 11.2 Å². The van der Waals surface area contributed by atoms with Crippen molar-refractivity contribution < 1.29 is 57.1 Å². The first-order chi connectivity index (χ1) is 15.3. The summed E-state index contributed by atoms with van der Waals surface area (Å²) in [6, 6.07) is 0.650. The van der Waals surface area contributed by atoms with E-state index in [4.69, 9.17) is 0 Å². The molecule has 0 bridgehead atoms. The molecule has 0 saturated heterocycles. The first-order valence-electron chi connectivity index (χ1n) is 9.03. The molecule has 1 unspecified atom stereocenters. The van der Waals surface area contributed by atoms with Gasteiger partial charge in [-0.2, -0.15) is 52.7 Å². The van der Waals surface area contributed by atoms with Crippen LogP contribution in [0.1, 0.15) is 34.2 Å². The Kier molecular flexibility index (Phi) is 5.98. The monoisotopic (exact) mass is 511 g/mol. The predicted molar refractivity (Wildman–Crippen MR) is 91.6 cm³/mol. The van der Waals surface area contributed by atoms with E-state index in [9.17, 15) is 57.1 Å². The first-order valence-corrected chi connectivity index (χ1v) is 9.03. The smallest absolute Gasteiger partial charge is 0.288 e. The average molecular weight is 511 g/mol. The second-order valence-corrected chi connectivity index (χ2v) is 7.51. The third-order valence-corrected chi connectivity index (χ3v) is 5.30. The fourth-order valence-electron chi connectivity index (χ4n) is 3.52. The highest BCUT2D eigenvalue weighted by Crippen LogP contribution is 2.50.